The van der Waals surface area contributed by atoms with E-state index in [0.29, 0.717) is 10.9 Å². The van der Waals surface area contributed by atoms with Gasteiger partial charge >= 0.3 is 11.8 Å². The van der Waals surface area contributed by atoms with E-state index < -0.39 is 29.1 Å². The molecule has 0 aliphatic rings. The maximum atomic E-state index is 13.7. The zero-order valence-electron chi connectivity index (χ0n) is 16.3. The number of nitrogens with one attached hydrogen (secondary N) is 2. The van der Waals surface area contributed by atoms with Crippen LogP contribution in [0.15, 0.2) is 54.7 Å². The van der Waals surface area contributed by atoms with Gasteiger partial charge in [0.15, 0.2) is 0 Å². The molecule has 29 heavy (non-hydrogen) atoms. The molecule has 2 N–H and O–H groups in total. The van der Waals surface area contributed by atoms with Crippen molar-refractivity contribution in [2.24, 2.45) is 5.41 Å². The van der Waals surface area contributed by atoms with Crippen molar-refractivity contribution in [2.75, 3.05) is 5.32 Å². The second-order valence-corrected chi connectivity index (χ2v) is 7.81. The molecule has 0 saturated carbocycles. The molecule has 0 aliphatic carbocycles. The summed E-state index contributed by atoms with van der Waals surface area (Å²) in [7, 11) is 0. The van der Waals surface area contributed by atoms with E-state index in [0.717, 1.165) is 0 Å². The molecule has 2 aromatic carbocycles. The molecule has 0 fully saturated rings. The van der Waals surface area contributed by atoms with Crippen LogP contribution in [0.1, 0.15) is 32.4 Å². The molecule has 1 aromatic heterocycles. The van der Waals surface area contributed by atoms with E-state index in [1.807, 2.05) is 20.8 Å². The van der Waals surface area contributed by atoms with Crippen LogP contribution >= 0.6 is 0 Å². The Hall–Kier alpha value is -3.35. The smallest absolute Gasteiger partial charge is 0.313 e. The van der Waals surface area contributed by atoms with Crippen molar-refractivity contribution in [2.45, 2.75) is 26.8 Å². The van der Waals surface area contributed by atoms with Gasteiger partial charge in [0, 0.05) is 5.39 Å². The average Bonchev–Trinajstić information content (AvgIpc) is 2.66. The second kappa shape index (κ2) is 7.95. The van der Waals surface area contributed by atoms with Gasteiger partial charge < -0.3 is 10.6 Å². The predicted octanol–water partition coefficient (Wildman–Crippen LogP) is 4.36. The van der Waals surface area contributed by atoms with Crippen LogP contribution in [0.5, 0.6) is 0 Å². The Balaban J connectivity index is 1.76. The number of amides is 2. The highest BCUT2D eigenvalue weighted by Gasteiger charge is 2.30. The maximum absolute atomic E-state index is 13.7. The lowest BCUT2D eigenvalue weighted by Gasteiger charge is -2.31. The molecule has 3 aromatic rings. The molecule has 0 saturated heterocycles. The first-order valence-electron chi connectivity index (χ1n) is 9.07. The summed E-state index contributed by atoms with van der Waals surface area (Å²) in [6.07, 6.45) is 1.29. The Labute approximate surface area is 167 Å². The first-order valence-corrected chi connectivity index (χ1v) is 9.07. The van der Waals surface area contributed by atoms with E-state index in [9.17, 15) is 18.4 Å². The number of fused-ring (bicyclic) bond motifs is 1. The minimum atomic E-state index is -0.876. The SMILES string of the molecule is CC(C)(C)C(NC(=O)C(=O)Nc1cnc2c(F)cccc2c1)c1ccc(F)cc1. The minimum absolute atomic E-state index is 0.180. The molecular weight excluding hydrogens is 376 g/mol. The van der Waals surface area contributed by atoms with E-state index in [2.05, 4.69) is 15.6 Å². The summed E-state index contributed by atoms with van der Waals surface area (Å²) in [6, 6.07) is 11.3. The largest absolute Gasteiger partial charge is 0.340 e. The van der Waals surface area contributed by atoms with Gasteiger partial charge in [-0.1, -0.05) is 45.0 Å². The fourth-order valence-electron chi connectivity index (χ4n) is 3.03. The van der Waals surface area contributed by atoms with E-state index >= 15 is 0 Å². The van der Waals surface area contributed by atoms with Crippen LogP contribution in [-0.2, 0) is 9.59 Å². The number of nitrogens with zero attached hydrogens (tertiary/aromatic N) is 1. The Kier molecular flexibility index (Phi) is 5.59. The molecule has 3 rings (SSSR count). The molecule has 2 amide bonds. The van der Waals surface area contributed by atoms with Crippen molar-refractivity contribution >= 4 is 28.4 Å². The summed E-state index contributed by atoms with van der Waals surface area (Å²) in [4.78, 5) is 28.9. The molecule has 150 valence electrons. The van der Waals surface area contributed by atoms with Crippen LogP contribution in [0.2, 0.25) is 0 Å². The number of para-hydroxylation sites is 1. The Bertz CT molecular complexity index is 1060. The number of benzene rings is 2. The van der Waals surface area contributed by atoms with E-state index in [1.165, 1.54) is 36.5 Å². The molecule has 7 heteroatoms. The number of hydrogen-bond acceptors (Lipinski definition) is 3. The van der Waals surface area contributed by atoms with Crippen LogP contribution in [0, 0.1) is 17.0 Å². The van der Waals surface area contributed by atoms with Gasteiger partial charge in [0.05, 0.1) is 17.9 Å². The monoisotopic (exact) mass is 397 g/mol. The van der Waals surface area contributed by atoms with Gasteiger partial charge in [0.2, 0.25) is 0 Å². The number of carbonyl (C=O) groups excluding carboxylic acids is 2. The number of hydrogen-bond donors (Lipinski definition) is 2. The van der Waals surface area contributed by atoms with Crippen molar-refractivity contribution in [1.82, 2.24) is 10.3 Å². The molecule has 5 nitrogen and oxygen atoms in total. The van der Waals surface area contributed by atoms with Gasteiger partial charge in [-0.25, -0.2) is 8.78 Å². The Morgan fingerprint density at radius 3 is 2.34 bits per heavy atom. The van der Waals surface area contributed by atoms with Crippen molar-refractivity contribution in [3.05, 3.63) is 71.9 Å². The predicted molar refractivity (Wildman–Crippen MR) is 107 cm³/mol. The van der Waals surface area contributed by atoms with Crippen molar-refractivity contribution < 1.29 is 18.4 Å². The lowest BCUT2D eigenvalue weighted by atomic mass is 9.82. The normalized spacial score (nSPS) is 12.4. The number of halogens is 2. The quantitative estimate of drug-likeness (QED) is 0.646. The molecule has 1 unspecified atom stereocenters. The molecular formula is C22H21F2N3O2. The van der Waals surface area contributed by atoms with Crippen molar-refractivity contribution in [1.29, 1.82) is 0 Å². The van der Waals surface area contributed by atoms with Crippen LogP contribution in [0.3, 0.4) is 0 Å². The minimum Gasteiger partial charge on any atom is -0.340 e. The molecule has 0 spiro atoms. The molecule has 0 radical (unpaired) electrons. The Morgan fingerprint density at radius 2 is 1.69 bits per heavy atom. The van der Waals surface area contributed by atoms with Gasteiger partial charge in [-0.2, -0.15) is 0 Å². The number of anilines is 1. The highest BCUT2D eigenvalue weighted by molar-refractivity contribution is 6.39. The van der Waals surface area contributed by atoms with Gasteiger partial charge in [0.25, 0.3) is 0 Å². The average molecular weight is 397 g/mol. The van der Waals surface area contributed by atoms with Crippen LogP contribution in [-0.4, -0.2) is 16.8 Å². The molecule has 1 atom stereocenters. The summed E-state index contributed by atoms with van der Waals surface area (Å²) in [5.74, 6) is -2.57. The zero-order valence-corrected chi connectivity index (χ0v) is 16.3. The maximum Gasteiger partial charge on any atom is 0.313 e. The van der Waals surface area contributed by atoms with Crippen LogP contribution in [0.25, 0.3) is 10.9 Å². The first kappa shape index (κ1) is 20.4. The summed E-state index contributed by atoms with van der Waals surface area (Å²) in [5, 5.41) is 5.68. The van der Waals surface area contributed by atoms with Crippen LogP contribution < -0.4 is 10.6 Å². The lowest BCUT2D eigenvalue weighted by Crippen LogP contribution is -2.42. The van der Waals surface area contributed by atoms with Crippen LogP contribution in [0.4, 0.5) is 14.5 Å². The van der Waals surface area contributed by atoms with Gasteiger partial charge in [-0.15, -0.1) is 0 Å². The van der Waals surface area contributed by atoms with E-state index in [-0.39, 0.29) is 17.0 Å². The summed E-state index contributed by atoms with van der Waals surface area (Å²) in [6.45, 7) is 5.71. The van der Waals surface area contributed by atoms with E-state index in [4.69, 9.17) is 0 Å². The topological polar surface area (TPSA) is 71.1 Å². The third-order valence-corrected chi connectivity index (χ3v) is 4.47. The zero-order chi connectivity index (χ0) is 21.2. The van der Waals surface area contributed by atoms with Crippen molar-refractivity contribution in [3.8, 4) is 0 Å². The summed E-state index contributed by atoms with van der Waals surface area (Å²) < 4.78 is 26.9. The highest BCUT2D eigenvalue weighted by atomic mass is 19.1. The van der Waals surface area contributed by atoms with Gasteiger partial charge in [-0.05, 0) is 35.2 Å². The summed E-state index contributed by atoms with van der Waals surface area (Å²) >= 11 is 0. The lowest BCUT2D eigenvalue weighted by molar-refractivity contribution is -0.137. The third-order valence-electron chi connectivity index (χ3n) is 4.47. The number of rotatable bonds is 3. The number of pyridine rings is 1. The standard InChI is InChI=1S/C22H21F2N3O2/c1-22(2,3)19(13-7-9-15(23)10-8-13)27-21(29)20(28)26-16-11-14-5-4-6-17(24)18(14)25-12-16/h4-12,19H,1-3H3,(H,26,28)(H,27,29). The molecule has 0 bridgehead atoms. The second-order valence-electron chi connectivity index (χ2n) is 7.81. The first-order chi connectivity index (χ1) is 13.6. The fourth-order valence-corrected chi connectivity index (χ4v) is 3.03. The number of aromatic nitrogens is 1. The van der Waals surface area contributed by atoms with Gasteiger partial charge in [0.1, 0.15) is 17.2 Å². The van der Waals surface area contributed by atoms with E-state index in [1.54, 1.807) is 18.2 Å². The molecule has 0 aliphatic heterocycles. The number of carbonyl (C=O) groups is 2. The van der Waals surface area contributed by atoms with Gasteiger partial charge in [-0.3, -0.25) is 14.6 Å². The Morgan fingerprint density at radius 1 is 1.00 bits per heavy atom. The van der Waals surface area contributed by atoms with Crippen molar-refractivity contribution in [3.63, 3.8) is 0 Å². The third kappa shape index (κ3) is 4.74. The fraction of sp³-hybridized carbons (Fsp3) is 0.227. The molecule has 1 heterocycles. The summed E-state index contributed by atoms with van der Waals surface area (Å²) in [5.41, 5.74) is 0.717. The highest BCUT2D eigenvalue weighted by Crippen LogP contribution is 2.32.